The third-order valence-corrected chi connectivity index (χ3v) is 5.15. The Balaban J connectivity index is 1.59. The molecule has 0 saturated carbocycles. The second-order valence-corrected chi connectivity index (χ2v) is 6.77. The summed E-state index contributed by atoms with van der Waals surface area (Å²) in [6, 6.07) is 18.3. The van der Waals surface area contributed by atoms with Gasteiger partial charge in [0.15, 0.2) is 0 Å². The van der Waals surface area contributed by atoms with Gasteiger partial charge >= 0.3 is 0 Å². The van der Waals surface area contributed by atoms with Crippen LogP contribution in [0.2, 0.25) is 0 Å². The SMILES string of the molecule is OC(CSc1ccccc1)Cc1nc2ccccc2s1. The molecular formula is C16H15NOS2. The van der Waals surface area contributed by atoms with E-state index in [0.717, 1.165) is 10.5 Å². The minimum Gasteiger partial charge on any atom is -0.392 e. The molecule has 0 saturated heterocycles. The maximum absolute atomic E-state index is 10.1. The molecule has 0 spiro atoms. The average molecular weight is 301 g/mol. The van der Waals surface area contributed by atoms with Gasteiger partial charge in [-0.2, -0.15) is 0 Å². The molecule has 1 N–H and O–H groups in total. The van der Waals surface area contributed by atoms with Crippen LogP contribution in [0, 0.1) is 0 Å². The van der Waals surface area contributed by atoms with Crippen LogP contribution < -0.4 is 0 Å². The molecule has 102 valence electrons. The maximum atomic E-state index is 10.1. The van der Waals surface area contributed by atoms with Crippen LogP contribution in [0.1, 0.15) is 5.01 Å². The molecule has 3 rings (SSSR count). The van der Waals surface area contributed by atoms with Gasteiger partial charge in [-0.1, -0.05) is 30.3 Å². The number of nitrogens with zero attached hydrogens (tertiary/aromatic N) is 1. The summed E-state index contributed by atoms with van der Waals surface area (Å²) in [7, 11) is 0. The van der Waals surface area contributed by atoms with Crippen molar-refractivity contribution in [2.45, 2.75) is 17.4 Å². The maximum Gasteiger partial charge on any atom is 0.0964 e. The van der Waals surface area contributed by atoms with E-state index in [9.17, 15) is 5.11 Å². The number of thiazole rings is 1. The second kappa shape index (κ2) is 6.39. The lowest BCUT2D eigenvalue weighted by Crippen LogP contribution is -2.13. The van der Waals surface area contributed by atoms with Crippen molar-refractivity contribution < 1.29 is 5.11 Å². The first-order valence-electron chi connectivity index (χ1n) is 6.51. The smallest absolute Gasteiger partial charge is 0.0964 e. The molecule has 1 heterocycles. The topological polar surface area (TPSA) is 33.1 Å². The summed E-state index contributed by atoms with van der Waals surface area (Å²) in [5, 5.41) is 11.1. The summed E-state index contributed by atoms with van der Waals surface area (Å²) in [6.07, 6.45) is 0.264. The van der Waals surface area contributed by atoms with Gasteiger partial charge in [0.25, 0.3) is 0 Å². The van der Waals surface area contributed by atoms with Crippen LogP contribution in [-0.2, 0) is 6.42 Å². The molecule has 0 aliphatic carbocycles. The Bertz CT molecular complexity index is 648. The van der Waals surface area contributed by atoms with Gasteiger partial charge in [0, 0.05) is 17.1 Å². The van der Waals surface area contributed by atoms with Gasteiger partial charge in [0.2, 0.25) is 0 Å². The fraction of sp³-hybridized carbons (Fsp3) is 0.188. The molecule has 2 aromatic carbocycles. The first kappa shape index (κ1) is 13.6. The summed E-state index contributed by atoms with van der Waals surface area (Å²) in [4.78, 5) is 5.75. The predicted octanol–water partition coefficient (Wildman–Crippen LogP) is 3.99. The minimum atomic E-state index is -0.360. The number of thioether (sulfide) groups is 1. The Labute approximate surface area is 126 Å². The number of hydrogen-bond donors (Lipinski definition) is 1. The van der Waals surface area contributed by atoms with Crippen molar-refractivity contribution in [3.8, 4) is 0 Å². The highest BCUT2D eigenvalue weighted by molar-refractivity contribution is 7.99. The van der Waals surface area contributed by atoms with Crippen LogP contribution in [0.5, 0.6) is 0 Å². The van der Waals surface area contributed by atoms with E-state index < -0.39 is 0 Å². The molecule has 3 aromatic rings. The Hall–Kier alpha value is -1.36. The molecule has 0 radical (unpaired) electrons. The fourth-order valence-electron chi connectivity index (χ4n) is 1.98. The lowest BCUT2D eigenvalue weighted by Gasteiger charge is -2.08. The van der Waals surface area contributed by atoms with Gasteiger partial charge in [-0.25, -0.2) is 4.98 Å². The number of hydrogen-bond acceptors (Lipinski definition) is 4. The van der Waals surface area contributed by atoms with E-state index in [1.54, 1.807) is 23.1 Å². The first-order chi connectivity index (χ1) is 9.81. The van der Waals surface area contributed by atoms with Crippen LogP contribution in [0.25, 0.3) is 10.2 Å². The average Bonchev–Trinajstić information content (AvgIpc) is 2.88. The third-order valence-electron chi connectivity index (χ3n) is 2.93. The van der Waals surface area contributed by atoms with Crippen molar-refractivity contribution in [2.24, 2.45) is 0 Å². The van der Waals surface area contributed by atoms with Crippen molar-refractivity contribution in [3.63, 3.8) is 0 Å². The lowest BCUT2D eigenvalue weighted by molar-refractivity contribution is 0.200. The molecule has 4 heteroatoms. The fourth-order valence-corrected chi connectivity index (χ4v) is 3.87. The lowest BCUT2D eigenvalue weighted by atomic mass is 10.3. The molecule has 1 atom stereocenters. The molecule has 20 heavy (non-hydrogen) atoms. The normalized spacial score (nSPS) is 12.7. The van der Waals surface area contributed by atoms with Gasteiger partial charge < -0.3 is 5.11 Å². The Morgan fingerprint density at radius 2 is 1.80 bits per heavy atom. The zero-order chi connectivity index (χ0) is 13.8. The molecular weight excluding hydrogens is 286 g/mol. The van der Waals surface area contributed by atoms with E-state index in [0.29, 0.717) is 12.2 Å². The van der Waals surface area contributed by atoms with E-state index in [1.165, 1.54) is 9.60 Å². The van der Waals surface area contributed by atoms with E-state index in [1.807, 2.05) is 36.4 Å². The van der Waals surface area contributed by atoms with Gasteiger partial charge in [0.05, 0.1) is 21.3 Å². The third kappa shape index (κ3) is 3.39. The second-order valence-electron chi connectivity index (χ2n) is 4.56. The quantitative estimate of drug-likeness (QED) is 0.723. The van der Waals surface area contributed by atoms with Crippen molar-refractivity contribution in [3.05, 3.63) is 59.6 Å². The van der Waals surface area contributed by atoms with Crippen LogP contribution in [0.15, 0.2) is 59.5 Å². The van der Waals surface area contributed by atoms with Gasteiger partial charge in [-0.3, -0.25) is 0 Å². The highest BCUT2D eigenvalue weighted by atomic mass is 32.2. The molecule has 1 unspecified atom stereocenters. The number of aromatic nitrogens is 1. The molecule has 0 aliphatic heterocycles. The van der Waals surface area contributed by atoms with Gasteiger partial charge in [0.1, 0.15) is 0 Å². The molecule has 0 bridgehead atoms. The first-order valence-corrected chi connectivity index (χ1v) is 8.32. The number of aliphatic hydroxyl groups is 1. The Morgan fingerprint density at radius 3 is 2.60 bits per heavy atom. The molecule has 1 aromatic heterocycles. The van der Waals surface area contributed by atoms with Crippen LogP contribution >= 0.6 is 23.1 Å². The molecule has 0 amide bonds. The summed E-state index contributed by atoms with van der Waals surface area (Å²) >= 11 is 3.35. The molecule has 0 fully saturated rings. The number of aliphatic hydroxyl groups excluding tert-OH is 1. The molecule has 0 aliphatic rings. The number of para-hydroxylation sites is 1. The zero-order valence-corrected chi connectivity index (χ0v) is 12.5. The highest BCUT2D eigenvalue weighted by Gasteiger charge is 2.10. The zero-order valence-electron chi connectivity index (χ0n) is 10.9. The minimum absolute atomic E-state index is 0.360. The van der Waals surface area contributed by atoms with E-state index in [-0.39, 0.29) is 6.10 Å². The largest absolute Gasteiger partial charge is 0.392 e. The summed E-state index contributed by atoms with van der Waals surface area (Å²) in [6.45, 7) is 0. The standard InChI is InChI=1S/C16H15NOS2/c18-12(11-19-13-6-2-1-3-7-13)10-16-17-14-8-4-5-9-15(14)20-16/h1-9,12,18H,10-11H2. The number of fused-ring (bicyclic) bond motifs is 1. The van der Waals surface area contributed by atoms with Crippen LogP contribution in [0.3, 0.4) is 0 Å². The summed E-state index contributed by atoms with van der Waals surface area (Å²) in [5.41, 5.74) is 1.02. The summed E-state index contributed by atoms with van der Waals surface area (Å²) in [5.74, 6) is 0.694. The Kier molecular flexibility index (Phi) is 4.35. The van der Waals surface area contributed by atoms with Crippen molar-refractivity contribution in [1.82, 2.24) is 4.98 Å². The summed E-state index contributed by atoms with van der Waals surface area (Å²) < 4.78 is 1.19. The predicted molar refractivity (Wildman–Crippen MR) is 86.5 cm³/mol. The van der Waals surface area contributed by atoms with Gasteiger partial charge in [-0.15, -0.1) is 23.1 Å². The van der Waals surface area contributed by atoms with Gasteiger partial charge in [-0.05, 0) is 24.3 Å². The van der Waals surface area contributed by atoms with E-state index in [2.05, 4.69) is 23.2 Å². The van der Waals surface area contributed by atoms with E-state index in [4.69, 9.17) is 0 Å². The van der Waals surface area contributed by atoms with Crippen molar-refractivity contribution >= 4 is 33.3 Å². The highest BCUT2D eigenvalue weighted by Crippen LogP contribution is 2.24. The monoisotopic (exact) mass is 301 g/mol. The number of benzene rings is 2. The van der Waals surface area contributed by atoms with E-state index >= 15 is 0 Å². The molecule has 2 nitrogen and oxygen atoms in total. The van der Waals surface area contributed by atoms with Crippen molar-refractivity contribution in [2.75, 3.05) is 5.75 Å². The van der Waals surface area contributed by atoms with Crippen molar-refractivity contribution in [1.29, 1.82) is 0 Å². The van der Waals surface area contributed by atoms with Crippen LogP contribution in [0.4, 0.5) is 0 Å². The van der Waals surface area contributed by atoms with Crippen LogP contribution in [-0.4, -0.2) is 21.9 Å². The number of rotatable bonds is 5. The Morgan fingerprint density at radius 1 is 1.05 bits per heavy atom.